The van der Waals surface area contributed by atoms with Crippen LogP contribution in [0.4, 0.5) is 4.79 Å². The molecule has 1 saturated heterocycles. The molecule has 2 aromatic rings. The zero-order valence-electron chi connectivity index (χ0n) is 13.1. The summed E-state index contributed by atoms with van der Waals surface area (Å²) < 4.78 is 7.51. The molecule has 2 heterocycles. The monoisotopic (exact) mass is 286 g/mol. The molecular weight excluding hydrogens is 264 g/mol. The van der Waals surface area contributed by atoms with Gasteiger partial charge in [-0.3, -0.25) is 0 Å². The number of carbonyl (C=O) groups is 1. The number of hydrogen-bond acceptors (Lipinski definition) is 2. The second-order valence-corrected chi connectivity index (χ2v) is 6.83. The Hall–Kier alpha value is -1.97. The molecule has 4 nitrogen and oxygen atoms in total. The standard InChI is InChI=1S/C17H22N2O2/c1-17(2,3)21-16(20)19-10-14(11-19)13-6-5-12-7-8-18(4)15(12)9-13/h5-9,14H,10-11H2,1-4H3. The van der Waals surface area contributed by atoms with Gasteiger partial charge >= 0.3 is 6.09 Å². The second kappa shape index (κ2) is 4.79. The van der Waals surface area contributed by atoms with Gasteiger partial charge in [0.15, 0.2) is 0 Å². The minimum absolute atomic E-state index is 0.210. The van der Waals surface area contributed by atoms with E-state index in [-0.39, 0.29) is 6.09 Å². The zero-order chi connectivity index (χ0) is 15.2. The van der Waals surface area contributed by atoms with E-state index in [0.717, 1.165) is 13.1 Å². The predicted octanol–water partition coefficient (Wildman–Crippen LogP) is 3.51. The third kappa shape index (κ3) is 2.75. The molecular formula is C17H22N2O2. The molecule has 0 atom stereocenters. The van der Waals surface area contributed by atoms with Crippen LogP contribution in [-0.4, -0.2) is 34.3 Å². The summed E-state index contributed by atoms with van der Waals surface area (Å²) in [4.78, 5) is 13.7. The molecule has 112 valence electrons. The van der Waals surface area contributed by atoms with Gasteiger partial charge in [0.05, 0.1) is 0 Å². The van der Waals surface area contributed by atoms with Crippen LogP contribution in [-0.2, 0) is 11.8 Å². The smallest absolute Gasteiger partial charge is 0.410 e. The molecule has 1 amide bonds. The van der Waals surface area contributed by atoms with Gasteiger partial charge < -0.3 is 14.2 Å². The van der Waals surface area contributed by atoms with E-state index in [2.05, 4.69) is 42.1 Å². The third-order valence-corrected chi connectivity index (χ3v) is 3.92. The summed E-state index contributed by atoms with van der Waals surface area (Å²) in [5.41, 5.74) is 2.11. The van der Waals surface area contributed by atoms with E-state index in [1.165, 1.54) is 16.5 Å². The molecule has 1 aliphatic heterocycles. The Morgan fingerprint density at radius 3 is 2.62 bits per heavy atom. The van der Waals surface area contributed by atoms with Gasteiger partial charge in [-0.05, 0) is 43.9 Å². The van der Waals surface area contributed by atoms with Crippen molar-refractivity contribution < 1.29 is 9.53 Å². The molecule has 0 bridgehead atoms. The molecule has 21 heavy (non-hydrogen) atoms. The number of aryl methyl sites for hydroxylation is 1. The number of amides is 1. The van der Waals surface area contributed by atoms with E-state index in [0.29, 0.717) is 5.92 Å². The van der Waals surface area contributed by atoms with Crippen LogP contribution < -0.4 is 0 Å². The normalized spacial score (nSPS) is 16.1. The van der Waals surface area contributed by atoms with Gasteiger partial charge in [0, 0.05) is 37.8 Å². The second-order valence-electron chi connectivity index (χ2n) is 6.83. The zero-order valence-corrected chi connectivity index (χ0v) is 13.1. The molecule has 3 rings (SSSR count). The van der Waals surface area contributed by atoms with Crippen molar-refractivity contribution >= 4 is 17.0 Å². The van der Waals surface area contributed by atoms with Gasteiger partial charge in [0.2, 0.25) is 0 Å². The first kappa shape index (κ1) is 14.0. The molecule has 0 unspecified atom stereocenters. The molecule has 0 spiro atoms. The first-order chi connectivity index (χ1) is 9.83. The lowest BCUT2D eigenvalue weighted by Crippen LogP contribution is -2.50. The van der Waals surface area contributed by atoms with Gasteiger partial charge in [-0.2, -0.15) is 0 Å². The predicted molar refractivity (Wildman–Crippen MR) is 83.5 cm³/mol. The van der Waals surface area contributed by atoms with Crippen LogP contribution in [0.3, 0.4) is 0 Å². The Labute approximate surface area is 125 Å². The Bertz CT molecular complexity index is 676. The number of aromatic nitrogens is 1. The van der Waals surface area contributed by atoms with Crippen molar-refractivity contribution in [1.29, 1.82) is 0 Å². The minimum atomic E-state index is -0.426. The Kier molecular flexibility index (Phi) is 3.19. The van der Waals surface area contributed by atoms with Crippen molar-refractivity contribution in [2.45, 2.75) is 32.3 Å². The van der Waals surface area contributed by atoms with Crippen molar-refractivity contribution in [3.8, 4) is 0 Å². The summed E-state index contributed by atoms with van der Waals surface area (Å²) >= 11 is 0. The molecule has 0 saturated carbocycles. The number of hydrogen-bond donors (Lipinski definition) is 0. The first-order valence-electron chi connectivity index (χ1n) is 7.36. The molecule has 0 N–H and O–H groups in total. The van der Waals surface area contributed by atoms with Crippen molar-refractivity contribution in [2.24, 2.45) is 7.05 Å². The highest BCUT2D eigenvalue weighted by Gasteiger charge is 2.34. The molecule has 1 fully saturated rings. The number of rotatable bonds is 1. The van der Waals surface area contributed by atoms with Gasteiger partial charge in [0.1, 0.15) is 5.60 Å². The van der Waals surface area contributed by atoms with E-state index >= 15 is 0 Å². The number of likely N-dealkylation sites (tertiary alicyclic amines) is 1. The molecule has 1 aliphatic rings. The van der Waals surface area contributed by atoms with Crippen molar-refractivity contribution in [3.05, 3.63) is 36.0 Å². The fourth-order valence-corrected chi connectivity index (χ4v) is 2.70. The lowest BCUT2D eigenvalue weighted by atomic mass is 9.91. The van der Waals surface area contributed by atoms with E-state index in [4.69, 9.17) is 4.74 Å². The van der Waals surface area contributed by atoms with E-state index in [1.54, 1.807) is 4.90 Å². The highest BCUT2D eigenvalue weighted by atomic mass is 16.6. The highest BCUT2D eigenvalue weighted by Crippen LogP contribution is 2.30. The summed E-state index contributed by atoms with van der Waals surface area (Å²) in [5, 5.41) is 1.25. The minimum Gasteiger partial charge on any atom is -0.444 e. The Morgan fingerprint density at radius 1 is 1.24 bits per heavy atom. The summed E-state index contributed by atoms with van der Waals surface area (Å²) in [5.74, 6) is 0.414. The van der Waals surface area contributed by atoms with Crippen molar-refractivity contribution in [2.75, 3.05) is 13.1 Å². The van der Waals surface area contributed by atoms with Crippen LogP contribution in [0.5, 0.6) is 0 Å². The molecule has 1 aromatic heterocycles. The highest BCUT2D eigenvalue weighted by molar-refractivity contribution is 5.81. The van der Waals surface area contributed by atoms with E-state index in [9.17, 15) is 4.79 Å². The van der Waals surface area contributed by atoms with Crippen LogP contribution in [0, 0.1) is 0 Å². The Morgan fingerprint density at radius 2 is 1.95 bits per heavy atom. The van der Waals surface area contributed by atoms with Crippen molar-refractivity contribution in [1.82, 2.24) is 9.47 Å². The Balaban J connectivity index is 1.67. The molecule has 4 heteroatoms. The number of benzene rings is 1. The maximum atomic E-state index is 11.9. The van der Waals surface area contributed by atoms with Crippen LogP contribution in [0.15, 0.2) is 30.5 Å². The number of carbonyl (C=O) groups excluding carboxylic acids is 1. The number of ether oxygens (including phenoxy) is 1. The fraction of sp³-hybridized carbons (Fsp3) is 0.471. The number of fused-ring (bicyclic) bond motifs is 1. The van der Waals surface area contributed by atoms with Crippen LogP contribution >= 0.6 is 0 Å². The van der Waals surface area contributed by atoms with Crippen LogP contribution in [0.25, 0.3) is 10.9 Å². The van der Waals surface area contributed by atoms with Gasteiger partial charge in [-0.15, -0.1) is 0 Å². The fourth-order valence-electron chi connectivity index (χ4n) is 2.70. The van der Waals surface area contributed by atoms with Gasteiger partial charge in [0.25, 0.3) is 0 Å². The average molecular weight is 286 g/mol. The third-order valence-electron chi connectivity index (χ3n) is 3.92. The summed E-state index contributed by atoms with van der Waals surface area (Å²) in [6, 6.07) is 8.67. The average Bonchev–Trinajstić information content (AvgIpc) is 2.67. The van der Waals surface area contributed by atoms with Crippen LogP contribution in [0.1, 0.15) is 32.3 Å². The quantitative estimate of drug-likeness (QED) is 0.804. The molecule has 0 radical (unpaired) electrons. The lowest BCUT2D eigenvalue weighted by molar-refractivity contribution is 0.00821. The SMILES string of the molecule is Cn1ccc2ccc(C3CN(C(=O)OC(C)(C)C)C3)cc21. The maximum absolute atomic E-state index is 11.9. The molecule has 0 aliphatic carbocycles. The van der Waals surface area contributed by atoms with E-state index in [1.807, 2.05) is 20.8 Å². The van der Waals surface area contributed by atoms with Crippen molar-refractivity contribution in [3.63, 3.8) is 0 Å². The largest absolute Gasteiger partial charge is 0.444 e. The van der Waals surface area contributed by atoms with Gasteiger partial charge in [-0.25, -0.2) is 4.79 Å². The topological polar surface area (TPSA) is 34.5 Å². The number of nitrogens with zero attached hydrogens (tertiary/aromatic N) is 2. The summed E-state index contributed by atoms with van der Waals surface area (Å²) in [6.45, 7) is 7.16. The molecule has 1 aromatic carbocycles. The summed E-state index contributed by atoms with van der Waals surface area (Å²) in [6.07, 6.45) is 1.86. The maximum Gasteiger partial charge on any atom is 0.410 e. The first-order valence-corrected chi connectivity index (χ1v) is 7.36. The van der Waals surface area contributed by atoms with E-state index < -0.39 is 5.60 Å². The van der Waals surface area contributed by atoms with Gasteiger partial charge in [-0.1, -0.05) is 12.1 Å². The van der Waals surface area contributed by atoms with Crippen LogP contribution in [0.2, 0.25) is 0 Å². The lowest BCUT2D eigenvalue weighted by Gasteiger charge is -2.40. The summed E-state index contributed by atoms with van der Waals surface area (Å²) in [7, 11) is 2.06.